The number of hydrogen-bond donors (Lipinski definition) is 18. The highest BCUT2D eigenvalue weighted by Gasteiger charge is 2.52. The van der Waals surface area contributed by atoms with Crippen molar-refractivity contribution >= 4 is 143 Å². The van der Waals surface area contributed by atoms with Gasteiger partial charge >= 0.3 is 73.0 Å². The number of hydrogen-bond acceptors (Lipinski definition) is 35. The van der Waals surface area contributed by atoms with Crippen LogP contribution in [0.25, 0.3) is 0 Å². The number of rotatable bonds is 28. The van der Waals surface area contributed by atoms with Crippen molar-refractivity contribution in [2.75, 3.05) is 30.5 Å². The van der Waals surface area contributed by atoms with E-state index in [4.69, 9.17) is 61.6 Å². The third-order valence-electron chi connectivity index (χ3n) is 17.6. The predicted molar refractivity (Wildman–Crippen MR) is 448 cm³/mol. The van der Waals surface area contributed by atoms with E-state index in [1.54, 1.807) is 112 Å². The number of ether oxygens (including phenoxy) is 13. The number of guanidine groups is 3. The molecule has 10 rings (SSSR count). The van der Waals surface area contributed by atoms with Crippen molar-refractivity contribution in [3.05, 3.63) is 133 Å². The molecule has 52 heteroatoms. The molecule has 15 atom stereocenters. The minimum Gasteiger partial charge on any atom is -0.490 e. The van der Waals surface area contributed by atoms with E-state index in [1.807, 2.05) is 0 Å². The smallest absolute Gasteiger partial charge is 0.490 e. The van der Waals surface area contributed by atoms with E-state index in [0.29, 0.717) is 51.7 Å². The first kappa shape index (κ1) is 97.0. The summed E-state index contributed by atoms with van der Waals surface area (Å²) in [4.78, 5) is 139. The summed E-state index contributed by atoms with van der Waals surface area (Å²) in [5.41, 5.74) is 1.53. The highest BCUT2D eigenvalue weighted by atomic mass is 16.8. The Hall–Kier alpha value is -13.5. The zero-order chi connectivity index (χ0) is 91.3. The zero-order valence-electron chi connectivity index (χ0n) is 69.5. The molecule has 6 aliphatic heterocycles. The maximum Gasteiger partial charge on any atom is 0.508 e. The third-order valence-corrected chi connectivity index (χ3v) is 17.6. The summed E-state index contributed by atoms with van der Waals surface area (Å²) in [7, 11) is -6.62. The average molecular weight is 1740 g/mol. The molecule has 4 aromatic carbocycles. The maximum absolute atomic E-state index is 13.6. The van der Waals surface area contributed by atoms with Crippen molar-refractivity contribution < 1.29 is 145 Å². The van der Waals surface area contributed by atoms with E-state index < -0.39 is 176 Å². The van der Waals surface area contributed by atoms with Gasteiger partial charge in [0.2, 0.25) is 29.9 Å². The van der Waals surface area contributed by atoms with Crippen molar-refractivity contribution in [2.45, 2.75) is 174 Å². The number of aliphatic imine (C=N–C) groups is 2. The lowest BCUT2D eigenvalue weighted by molar-refractivity contribution is -0.125. The van der Waals surface area contributed by atoms with Crippen LogP contribution in [0.3, 0.4) is 0 Å². The number of carbonyl (C=O) groups is 8. The van der Waals surface area contributed by atoms with Crippen LogP contribution in [-0.4, -0.2) is 267 Å². The molecule has 0 aromatic heterocycles. The topological polar surface area (TPSA) is 626 Å². The minimum atomic E-state index is -1.39. The fraction of sp³-hybridized carbons (Fsp3) is 0.411. The molecular formula is C73H94B6N16O30. The van der Waals surface area contributed by atoms with E-state index in [-0.39, 0.29) is 55.0 Å². The lowest BCUT2D eigenvalue weighted by atomic mass is 9.87. The van der Waals surface area contributed by atoms with Gasteiger partial charge in [-0.15, -0.1) is 0 Å². The van der Waals surface area contributed by atoms with Gasteiger partial charge < -0.3 is 144 Å². The van der Waals surface area contributed by atoms with Crippen molar-refractivity contribution in [1.29, 1.82) is 0 Å². The Morgan fingerprint density at radius 2 is 0.696 bits per heavy atom. The normalized spacial score (nSPS) is 22.3. The molecule has 125 heavy (non-hydrogen) atoms. The number of nitrogens with zero attached hydrogens (tertiary/aromatic N) is 5. The van der Waals surface area contributed by atoms with Gasteiger partial charge in [-0.1, -0.05) is 0 Å². The van der Waals surface area contributed by atoms with Gasteiger partial charge in [0.25, 0.3) is 0 Å². The van der Waals surface area contributed by atoms with Crippen molar-refractivity contribution in [2.24, 2.45) is 24.7 Å². The summed E-state index contributed by atoms with van der Waals surface area (Å²) in [6.07, 6.45) is -7.97. The number of amides is 5. The standard InChI is InChI=1S/C44H60B4N10O19.C15H26B2N4O8.C14H8N2O3/c1-21-17-29(53-39(55-45(5)65)56-46(6)66)33(49-23(3)59)37(71-21)35(31-19-69-43(63)74-31)76-41(61)51-25-9-13-27(14-10-25)73-28-15-11-26(12-16-28)52-42(62)77-36(32-20-70-44(64)75-32)38-34(50-24(4)60)30(18-22(2)72-38)54-40(57-47(7)67)58-48(8)68;1-7-5-9(19-14(20-16(3)25)21-17(4)26)11(18-8(2)22)13(28-7)12(23)10-6-27-15(24)29-10;17-9-15-11-1-5-13(6-2-11)19-14-7-3-12(4-8-14)16-10-18/h9-18,29-38,65-68H,19-20H2,1-8H3,(H,49,59)(H,50,60)(H,51,61)(H,52,62)(H2,53,55,56)(H2,54,57,58);5,9-13,23,25-26H,6H2,1-4H3,(H,18,22)(H2,19,20,21);1-8H/t29-,30-,31+,32+,33+,34+,35+,36+,37+,38+;9-,10+,11+,12+,13+;/m00./s1. The van der Waals surface area contributed by atoms with E-state index >= 15 is 0 Å². The minimum absolute atomic E-state index is 0.0313. The van der Waals surface area contributed by atoms with Crippen LogP contribution >= 0.6 is 0 Å². The lowest BCUT2D eigenvalue weighted by Gasteiger charge is -2.41. The molecule has 46 nitrogen and oxygen atoms in total. The molecule has 4 aromatic rings. The lowest BCUT2D eigenvalue weighted by Crippen LogP contribution is -2.65. The number of benzene rings is 4. The fourth-order valence-corrected chi connectivity index (χ4v) is 12.8. The first-order valence-electron chi connectivity index (χ1n) is 38.7. The molecular weight excluding hydrogens is 1650 g/mol. The number of cyclic esters (lactones) is 6. The van der Waals surface area contributed by atoms with Gasteiger partial charge in [-0.25, -0.2) is 33.6 Å². The van der Waals surface area contributed by atoms with E-state index in [2.05, 4.69) is 82.9 Å². The number of carbonyl (C=O) groups excluding carboxylic acids is 10. The molecule has 3 saturated heterocycles. The SMILES string of the molecule is CB(O)N=C(NB(C)O)N[C@H]1C=C(C)O[C@@H]([C@H](O)[C@H]2COC(=O)O2)[C@@H]1NC(C)=O.CB(O)N=C(NB(C)O)N[C@H]1C=C(C)O[C@@H]([C@H](OC(=O)Nc2ccc(Oc3ccc(NC(=O)O[C@@H]([C@@H]4OC(C)=C[C@H](NC(=NB(C)O)NB(C)O)[C@H]4NC(C)=O)[C@H]4COC(=O)O4)cc3)cc2)[C@H]2COC(=O)O2)[C@@H]1NC(C)=O.O=C=Nc1ccc(Oc2ccc(N=C=O)cc2)cc1. The highest BCUT2D eigenvalue weighted by molar-refractivity contribution is 6.54. The molecule has 6 aliphatic rings. The average Bonchev–Trinajstić information content (AvgIpc) is 1.75. The Morgan fingerprint density at radius 1 is 0.416 bits per heavy atom. The van der Waals surface area contributed by atoms with Crippen LogP contribution in [0.4, 0.5) is 46.7 Å². The molecule has 0 radical (unpaired) electrons. The summed E-state index contributed by atoms with van der Waals surface area (Å²) >= 11 is 0. The number of aliphatic hydroxyl groups is 1. The van der Waals surface area contributed by atoms with Gasteiger partial charge in [-0.05, 0) is 177 Å². The molecule has 0 saturated carbocycles. The Bertz CT molecular complexity index is 4450. The van der Waals surface area contributed by atoms with Gasteiger partial charge in [-0.2, -0.15) is 9.98 Å². The second kappa shape index (κ2) is 46.7. The van der Waals surface area contributed by atoms with Crippen molar-refractivity contribution in [3.63, 3.8) is 0 Å². The Balaban J connectivity index is 0.000000324. The first-order valence-corrected chi connectivity index (χ1v) is 38.7. The van der Waals surface area contributed by atoms with E-state index in [0.717, 1.165) is 0 Å². The molecule has 0 unspecified atom stereocenters. The fourth-order valence-electron chi connectivity index (χ4n) is 12.8. The summed E-state index contributed by atoms with van der Waals surface area (Å²) in [6.45, 7) is 16.4. The zero-order valence-corrected chi connectivity index (χ0v) is 69.5. The molecule has 0 spiro atoms. The van der Waals surface area contributed by atoms with Gasteiger partial charge in [0.05, 0.1) is 64.9 Å². The molecule has 0 bridgehead atoms. The van der Waals surface area contributed by atoms with E-state index in [9.17, 15) is 83.2 Å². The van der Waals surface area contributed by atoms with Gasteiger partial charge in [0.1, 0.15) is 48.9 Å². The third kappa shape index (κ3) is 31.4. The monoisotopic (exact) mass is 1740 g/mol. The molecule has 3 fully saturated rings. The highest BCUT2D eigenvalue weighted by Crippen LogP contribution is 2.34. The van der Waals surface area contributed by atoms with Gasteiger partial charge in [0.15, 0.2) is 66.7 Å². The quantitative estimate of drug-likeness (QED) is 0.00956. The molecule has 6 heterocycles. The van der Waals surface area contributed by atoms with Crippen molar-refractivity contribution in [1.82, 2.24) is 47.6 Å². The number of nitrogens with one attached hydrogen (secondary N) is 11. The predicted octanol–water partition coefficient (Wildman–Crippen LogP) is 1.48. The maximum atomic E-state index is 13.6. The summed E-state index contributed by atoms with van der Waals surface area (Å²) in [5.74, 6) is 1.57. The second-order valence-electron chi connectivity index (χ2n) is 28.3. The van der Waals surface area contributed by atoms with Crippen LogP contribution in [0.2, 0.25) is 40.9 Å². The Kier molecular flexibility index (Phi) is 36.2. The molecule has 18 N–H and O–H groups in total. The summed E-state index contributed by atoms with van der Waals surface area (Å²) in [5, 5.41) is 100. The Labute approximate surface area is 717 Å². The van der Waals surface area contributed by atoms with Crippen LogP contribution in [0, 0.1) is 0 Å². The van der Waals surface area contributed by atoms with Crippen LogP contribution in [0.5, 0.6) is 23.0 Å². The Morgan fingerprint density at radius 3 is 0.960 bits per heavy atom. The van der Waals surface area contributed by atoms with E-state index in [1.165, 1.54) is 98.1 Å². The van der Waals surface area contributed by atoms with Gasteiger partial charge in [0, 0.05) is 32.1 Å². The van der Waals surface area contributed by atoms with Gasteiger partial charge in [-0.3, -0.25) is 39.7 Å². The second-order valence-corrected chi connectivity index (χ2v) is 28.3. The summed E-state index contributed by atoms with van der Waals surface area (Å²) < 4.78 is 71.7. The molecule has 664 valence electrons. The molecule has 5 amide bonds. The van der Waals surface area contributed by atoms with Crippen LogP contribution in [0.1, 0.15) is 41.5 Å². The molecule has 0 aliphatic carbocycles. The number of anilines is 2. The van der Waals surface area contributed by atoms with Crippen molar-refractivity contribution in [3.8, 4) is 23.0 Å². The number of allylic oxidation sites excluding steroid dienone is 3. The number of isocyanates is 2. The van der Waals surface area contributed by atoms with Crippen LogP contribution in [-0.2, 0) is 76.1 Å². The first-order chi connectivity index (χ1) is 59.3. The van der Waals surface area contributed by atoms with Crippen LogP contribution in [0.15, 0.2) is 157 Å². The largest absolute Gasteiger partial charge is 0.508 e. The number of aliphatic hydroxyl groups excluding tert-OH is 1. The summed E-state index contributed by atoms with van der Waals surface area (Å²) in [6, 6.07) is 20.3. The van der Waals surface area contributed by atoms with Crippen LogP contribution < -0.4 is 67.7 Å².